The number of hydrogen-bond donors (Lipinski definition) is 0. The summed E-state index contributed by atoms with van der Waals surface area (Å²) in [5.74, 6) is -0.571. The lowest BCUT2D eigenvalue weighted by Crippen LogP contribution is -2.10. The van der Waals surface area contributed by atoms with Crippen LogP contribution in [0.25, 0.3) is 0 Å². The van der Waals surface area contributed by atoms with Crippen LogP contribution in [0.3, 0.4) is 0 Å². The molecule has 0 heterocycles. The predicted molar refractivity (Wildman–Crippen MR) is 54.8 cm³/mol. The fraction of sp³-hybridized carbons (Fsp3) is 0.455. The number of ether oxygens (including phenoxy) is 1. The highest BCUT2D eigenvalue weighted by atomic mass is 16.5. The second kappa shape index (κ2) is 7.06. The molecule has 0 saturated carbocycles. The van der Waals surface area contributed by atoms with Crippen LogP contribution < -0.4 is 0 Å². The summed E-state index contributed by atoms with van der Waals surface area (Å²) in [6.07, 6.45) is 6.10. The van der Waals surface area contributed by atoms with Gasteiger partial charge in [-0.3, -0.25) is 4.79 Å². The van der Waals surface area contributed by atoms with E-state index in [0.717, 1.165) is 6.08 Å². The number of carbonyl (C=O) groups excluding carboxylic acids is 2. The summed E-state index contributed by atoms with van der Waals surface area (Å²) in [4.78, 5) is 21.9. The van der Waals surface area contributed by atoms with Crippen LogP contribution in [0, 0.1) is 0 Å². The summed E-state index contributed by atoms with van der Waals surface area (Å²) in [7, 11) is 0. The van der Waals surface area contributed by atoms with E-state index in [-0.39, 0.29) is 11.9 Å². The summed E-state index contributed by atoms with van der Waals surface area (Å²) < 4.78 is 4.92. The first-order valence-corrected chi connectivity index (χ1v) is 4.64. The third-order valence-electron chi connectivity index (χ3n) is 1.52. The standard InChI is InChI=1S/C11H16O3/c1-4-6-9(3)14-11(13)8-7-10(12)5-2/h4,6-9H,5H2,1-3H3/b6-4-,8-7+/t9-/m1/s1. The molecular formula is C11H16O3. The predicted octanol–water partition coefficient (Wildman–Crippen LogP) is 2.03. The van der Waals surface area contributed by atoms with E-state index in [9.17, 15) is 9.59 Å². The van der Waals surface area contributed by atoms with Crippen LogP contribution in [0.2, 0.25) is 0 Å². The minimum atomic E-state index is -0.489. The normalized spacial score (nSPS) is 13.4. The molecule has 0 unspecified atom stereocenters. The van der Waals surface area contributed by atoms with Gasteiger partial charge in [0, 0.05) is 12.5 Å². The maximum atomic E-state index is 11.1. The van der Waals surface area contributed by atoms with E-state index in [0.29, 0.717) is 6.42 Å². The number of carbonyl (C=O) groups is 2. The highest BCUT2D eigenvalue weighted by Crippen LogP contribution is 1.95. The fourth-order valence-corrected chi connectivity index (χ4v) is 0.812. The number of esters is 1. The van der Waals surface area contributed by atoms with Crippen LogP contribution in [0.15, 0.2) is 24.3 Å². The third-order valence-corrected chi connectivity index (χ3v) is 1.52. The Labute approximate surface area is 84.4 Å². The van der Waals surface area contributed by atoms with E-state index in [1.165, 1.54) is 6.08 Å². The third kappa shape index (κ3) is 6.17. The molecule has 14 heavy (non-hydrogen) atoms. The Hall–Kier alpha value is -1.38. The molecule has 0 rings (SSSR count). The quantitative estimate of drug-likeness (QED) is 0.384. The lowest BCUT2D eigenvalue weighted by Gasteiger charge is -2.05. The molecule has 0 radical (unpaired) electrons. The number of rotatable bonds is 5. The zero-order valence-corrected chi connectivity index (χ0v) is 8.82. The Kier molecular flexibility index (Phi) is 6.37. The largest absolute Gasteiger partial charge is 0.455 e. The van der Waals surface area contributed by atoms with Crippen LogP contribution in [-0.4, -0.2) is 17.9 Å². The van der Waals surface area contributed by atoms with Gasteiger partial charge in [0.2, 0.25) is 0 Å². The first-order chi connectivity index (χ1) is 6.60. The van der Waals surface area contributed by atoms with E-state index < -0.39 is 5.97 Å². The van der Waals surface area contributed by atoms with E-state index in [1.807, 2.05) is 6.92 Å². The zero-order chi connectivity index (χ0) is 11.0. The highest BCUT2D eigenvalue weighted by Gasteiger charge is 2.02. The number of allylic oxidation sites excluding steroid dienone is 2. The van der Waals surface area contributed by atoms with Crippen molar-refractivity contribution in [1.82, 2.24) is 0 Å². The van der Waals surface area contributed by atoms with Crippen LogP contribution in [-0.2, 0) is 14.3 Å². The van der Waals surface area contributed by atoms with Gasteiger partial charge in [-0.05, 0) is 26.0 Å². The first kappa shape index (κ1) is 12.6. The zero-order valence-electron chi connectivity index (χ0n) is 8.82. The molecule has 0 aliphatic heterocycles. The molecule has 0 aromatic rings. The molecule has 3 nitrogen and oxygen atoms in total. The first-order valence-electron chi connectivity index (χ1n) is 4.64. The molecule has 0 aromatic heterocycles. The SMILES string of the molecule is C/C=C\[C@@H](C)OC(=O)/C=C/C(=O)CC. The molecule has 78 valence electrons. The van der Waals surface area contributed by atoms with Crippen molar-refractivity contribution in [2.24, 2.45) is 0 Å². The van der Waals surface area contributed by atoms with Gasteiger partial charge in [0.05, 0.1) is 0 Å². The van der Waals surface area contributed by atoms with Gasteiger partial charge in [-0.15, -0.1) is 0 Å². The number of hydrogen-bond acceptors (Lipinski definition) is 3. The van der Waals surface area contributed by atoms with Gasteiger partial charge in [-0.25, -0.2) is 4.79 Å². The molecule has 0 saturated heterocycles. The summed E-state index contributed by atoms with van der Waals surface area (Å²) >= 11 is 0. The lowest BCUT2D eigenvalue weighted by atomic mass is 10.3. The molecule has 1 atom stereocenters. The Bertz CT molecular complexity index is 251. The van der Waals surface area contributed by atoms with Crippen molar-refractivity contribution in [1.29, 1.82) is 0 Å². The molecule has 0 aromatic carbocycles. The van der Waals surface area contributed by atoms with Crippen molar-refractivity contribution >= 4 is 11.8 Å². The smallest absolute Gasteiger partial charge is 0.331 e. The Morgan fingerprint density at radius 2 is 2.00 bits per heavy atom. The Balaban J connectivity index is 3.98. The Morgan fingerprint density at radius 3 is 2.50 bits per heavy atom. The summed E-state index contributed by atoms with van der Waals surface area (Å²) in [6, 6.07) is 0. The monoisotopic (exact) mass is 196 g/mol. The number of ketones is 1. The van der Waals surface area contributed by atoms with Gasteiger partial charge in [-0.1, -0.05) is 13.0 Å². The molecule has 0 amide bonds. The highest BCUT2D eigenvalue weighted by molar-refractivity contribution is 5.95. The summed E-state index contributed by atoms with van der Waals surface area (Å²) in [5, 5.41) is 0. The van der Waals surface area contributed by atoms with Gasteiger partial charge in [0.15, 0.2) is 5.78 Å². The molecule has 0 bridgehead atoms. The second-order valence-corrected chi connectivity index (χ2v) is 2.82. The van der Waals surface area contributed by atoms with Crippen molar-refractivity contribution in [2.45, 2.75) is 33.3 Å². The van der Waals surface area contributed by atoms with Crippen LogP contribution in [0.1, 0.15) is 27.2 Å². The van der Waals surface area contributed by atoms with E-state index in [4.69, 9.17) is 4.74 Å². The van der Waals surface area contributed by atoms with Gasteiger partial charge < -0.3 is 4.74 Å². The topological polar surface area (TPSA) is 43.4 Å². The minimum absolute atomic E-state index is 0.0827. The van der Waals surface area contributed by atoms with Crippen LogP contribution >= 0.6 is 0 Å². The van der Waals surface area contributed by atoms with Crippen molar-refractivity contribution in [3.63, 3.8) is 0 Å². The molecule has 0 aliphatic carbocycles. The van der Waals surface area contributed by atoms with Gasteiger partial charge in [0.1, 0.15) is 6.10 Å². The molecule has 0 N–H and O–H groups in total. The van der Waals surface area contributed by atoms with Crippen molar-refractivity contribution in [3.8, 4) is 0 Å². The van der Waals surface area contributed by atoms with Crippen molar-refractivity contribution < 1.29 is 14.3 Å². The van der Waals surface area contributed by atoms with Crippen molar-refractivity contribution in [2.75, 3.05) is 0 Å². The molecule has 3 heteroatoms. The average molecular weight is 196 g/mol. The van der Waals surface area contributed by atoms with Crippen molar-refractivity contribution in [3.05, 3.63) is 24.3 Å². The second-order valence-electron chi connectivity index (χ2n) is 2.82. The van der Waals surface area contributed by atoms with E-state index in [1.54, 1.807) is 26.0 Å². The fourth-order valence-electron chi connectivity index (χ4n) is 0.812. The molecule has 0 spiro atoms. The Morgan fingerprint density at radius 1 is 1.36 bits per heavy atom. The van der Waals surface area contributed by atoms with Gasteiger partial charge in [-0.2, -0.15) is 0 Å². The van der Waals surface area contributed by atoms with Crippen LogP contribution in [0.5, 0.6) is 0 Å². The minimum Gasteiger partial charge on any atom is -0.455 e. The van der Waals surface area contributed by atoms with E-state index >= 15 is 0 Å². The average Bonchev–Trinajstić information content (AvgIpc) is 2.14. The van der Waals surface area contributed by atoms with Gasteiger partial charge >= 0.3 is 5.97 Å². The van der Waals surface area contributed by atoms with E-state index in [2.05, 4.69) is 0 Å². The summed E-state index contributed by atoms with van der Waals surface area (Å²) in [6.45, 7) is 5.34. The van der Waals surface area contributed by atoms with Gasteiger partial charge in [0.25, 0.3) is 0 Å². The molecular weight excluding hydrogens is 180 g/mol. The molecule has 0 aliphatic rings. The maximum absolute atomic E-state index is 11.1. The lowest BCUT2D eigenvalue weighted by molar-refractivity contribution is -0.140. The molecule has 0 fully saturated rings. The van der Waals surface area contributed by atoms with Crippen LogP contribution in [0.4, 0.5) is 0 Å². The summed E-state index contributed by atoms with van der Waals surface area (Å²) in [5.41, 5.74) is 0. The maximum Gasteiger partial charge on any atom is 0.331 e.